The molecule has 0 spiro atoms. The molecule has 0 radical (unpaired) electrons. The summed E-state index contributed by atoms with van der Waals surface area (Å²) in [5, 5.41) is 9.10. The summed E-state index contributed by atoms with van der Waals surface area (Å²) in [6.45, 7) is 3.84. The molecule has 0 heterocycles. The van der Waals surface area contributed by atoms with Crippen molar-refractivity contribution < 1.29 is 19.1 Å². The summed E-state index contributed by atoms with van der Waals surface area (Å²) >= 11 is 0. The number of nitrogens with zero attached hydrogens (tertiary/aromatic N) is 1. The minimum absolute atomic E-state index is 0.202. The molecule has 1 aliphatic rings. The maximum atomic E-state index is 13.1. The van der Waals surface area contributed by atoms with Gasteiger partial charge in [0.25, 0.3) is 0 Å². The van der Waals surface area contributed by atoms with Crippen molar-refractivity contribution in [1.82, 2.24) is 4.90 Å². The number of carbonyl (C=O) groups excluding carboxylic acids is 1. The summed E-state index contributed by atoms with van der Waals surface area (Å²) < 4.78 is 13.1. The Balaban J connectivity index is 2.05. The fourth-order valence-corrected chi connectivity index (χ4v) is 2.78. The second kappa shape index (κ2) is 4.89. The first-order chi connectivity index (χ1) is 9.25. The molecule has 108 valence electrons. The van der Waals surface area contributed by atoms with Crippen molar-refractivity contribution >= 4 is 11.9 Å². The monoisotopic (exact) mass is 279 g/mol. The average molecular weight is 279 g/mol. The van der Waals surface area contributed by atoms with Gasteiger partial charge in [-0.05, 0) is 23.1 Å². The minimum atomic E-state index is -0.937. The first-order valence-corrected chi connectivity index (χ1v) is 6.47. The highest BCUT2D eigenvalue weighted by atomic mass is 19.1. The molecule has 5 heteroatoms. The predicted molar refractivity (Wildman–Crippen MR) is 71.3 cm³/mol. The van der Waals surface area contributed by atoms with Crippen molar-refractivity contribution in [3.05, 3.63) is 35.6 Å². The zero-order chi connectivity index (χ0) is 15.1. The normalized spacial score (nSPS) is 23.2. The molecule has 2 atom stereocenters. The number of carboxylic acids is 1. The van der Waals surface area contributed by atoms with Crippen LogP contribution in [0.15, 0.2) is 24.3 Å². The highest BCUT2D eigenvalue weighted by Gasteiger charge is 2.66. The molecule has 1 aromatic carbocycles. The number of halogens is 1. The lowest BCUT2D eigenvalue weighted by Crippen LogP contribution is -2.29. The van der Waals surface area contributed by atoms with Gasteiger partial charge < -0.3 is 10.0 Å². The fraction of sp³-hybridized carbons (Fsp3) is 0.467. The summed E-state index contributed by atoms with van der Waals surface area (Å²) in [5.74, 6) is -2.62. The van der Waals surface area contributed by atoms with Crippen LogP contribution in [0.1, 0.15) is 19.4 Å². The lowest BCUT2D eigenvalue weighted by Gasteiger charge is -2.18. The zero-order valence-electron chi connectivity index (χ0n) is 11.8. The van der Waals surface area contributed by atoms with Gasteiger partial charge in [0.15, 0.2) is 0 Å². The molecule has 1 amide bonds. The van der Waals surface area contributed by atoms with Crippen molar-refractivity contribution in [2.24, 2.45) is 17.3 Å². The van der Waals surface area contributed by atoms with Crippen LogP contribution in [0, 0.1) is 23.1 Å². The van der Waals surface area contributed by atoms with Gasteiger partial charge >= 0.3 is 5.97 Å². The molecule has 0 bridgehead atoms. The van der Waals surface area contributed by atoms with E-state index in [1.807, 2.05) is 0 Å². The number of aliphatic carboxylic acids is 1. The summed E-state index contributed by atoms with van der Waals surface area (Å²) in [6.07, 6.45) is 0. The Hall–Kier alpha value is -1.91. The molecule has 4 nitrogen and oxygen atoms in total. The van der Waals surface area contributed by atoms with Gasteiger partial charge in [0.05, 0.1) is 11.8 Å². The summed E-state index contributed by atoms with van der Waals surface area (Å²) in [7, 11) is 1.61. The minimum Gasteiger partial charge on any atom is -0.481 e. The van der Waals surface area contributed by atoms with Gasteiger partial charge in [0.2, 0.25) is 5.91 Å². The zero-order valence-corrected chi connectivity index (χ0v) is 11.8. The number of carbonyl (C=O) groups is 2. The smallest absolute Gasteiger partial charge is 0.307 e. The quantitative estimate of drug-likeness (QED) is 0.918. The number of hydrogen-bond acceptors (Lipinski definition) is 2. The molecule has 2 rings (SSSR count). The Morgan fingerprint density at radius 2 is 2.00 bits per heavy atom. The number of hydrogen-bond donors (Lipinski definition) is 1. The maximum Gasteiger partial charge on any atom is 0.307 e. The predicted octanol–water partition coefficient (Wildman–Crippen LogP) is 2.14. The number of benzene rings is 1. The SMILES string of the molecule is CN(Cc1cccc(F)c1)C(=O)[C@@H]1[C@H](C(=O)O)C1(C)C. The summed E-state index contributed by atoms with van der Waals surface area (Å²) in [6, 6.07) is 6.04. The Morgan fingerprint density at radius 1 is 1.35 bits per heavy atom. The van der Waals surface area contributed by atoms with Crippen molar-refractivity contribution in [3.8, 4) is 0 Å². The molecular weight excluding hydrogens is 261 g/mol. The molecule has 20 heavy (non-hydrogen) atoms. The van der Waals surface area contributed by atoms with E-state index in [0.717, 1.165) is 0 Å². The van der Waals surface area contributed by atoms with E-state index in [-0.39, 0.29) is 18.3 Å². The van der Waals surface area contributed by atoms with E-state index >= 15 is 0 Å². The topological polar surface area (TPSA) is 57.6 Å². The van der Waals surface area contributed by atoms with E-state index in [9.17, 15) is 14.0 Å². The van der Waals surface area contributed by atoms with Gasteiger partial charge in [-0.25, -0.2) is 4.39 Å². The number of amides is 1. The maximum absolute atomic E-state index is 13.1. The van der Waals surface area contributed by atoms with Crippen LogP contribution in [0.5, 0.6) is 0 Å². The third-order valence-electron chi connectivity index (χ3n) is 4.04. The van der Waals surface area contributed by atoms with Crippen LogP contribution < -0.4 is 0 Å². The van der Waals surface area contributed by atoms with Crippen LogP contribution in [0.25, 0.3) is 0 Å². The second-order valence-electron chi connectivity index (χ2n) is 5.94. The number of rotatable bonds is 4. The lowest BCUT2D eigenvalue weighted by molar-refractivity contribution is -0.141. The third kappa shape index (κ3) is 2.53. The molecule has 1 aliphatic carbocycles. The first-order valence-electron chi connectivity index (χ1n) is 6.47. The van der Waals surface area contributed by atoms with E-state index in [1.165, 1.54) is 17.0 Å². The van der Waals surface area contributed by atoms with Gasteiger partial charge in [-0.2, -0.15) is 0 Å². The van der Waals surface area contributed by atoms with Crippen LogP contribution in [-0.2, 0) is 16.1 Å². The van der Waals surface area contributed by atoms with Crippen molar-refractivity contribution in [1.29, 1.82) is 0 Å². The molecule has 1 aromatic rings. The molecule has 1 saturated carbocycles. The van der Waals surface area contributed by atoms with Gasteiger partial charge in [0.1, 0.15) is 5.82 Å². The van der Waals surface area contributed by atoms with Gasteiger partial charge in [-0.1, -0.05) is 26.0 Å². The molecule has 1 fully saturated rings. The van der Waals surface area contributed by atoms with Gasteiger partial charge in [0, 0.05) is 13.6 Å². The average Bonchev–Trinajstić information content (AvgIpc) is 2.91. The van der Waals surface area contributed by atoms with E-state index < -0.39 is 23.2 Å². The third-order valence-corrected chi connectivity index (χ3v) is 4.04. The van der Waals surface area contributed by atoms with E-state index in [0.29, 0.717) is 5.56 Å². The van der Waals surface area contributed by atoms with E-state index in [1.54, 1.807) is 33.0 Å². The van der Waals surface area contributed by atoms with Crippen molar-refractivity contribution in [2.45, 2.75) is 20.4 Å². The second-order valence-corrected chi connectivity index (χ2v) is 5.94. The molecule has 1 N–H and O–H groups in total. The lowest BCUT2D eigenvalue weighted by atomic mass is 10.1. The van der Waals surface area contributed by atoms with Crippen LogP contribution in [0.4, 0.5) is 4.39 Å². The first kappa shape index (κ1) is 14.5. The van der Waals surface area contributed by atoms with Crippen LogP contribution >= 0.6 is 0 Å². The molecule has 0 saturated heterocycles. The Kier molecular flexibility index (Phi) is 3.54. The standard InChI is InChI=1S/C15H18FNO3/c1-15(2)11(12(15)14(19)20)13(18)17(3)8-9-5-4-6-10(16)7-9/h4-7,11-12H,8H2,1-3H3,(H,19,20)/t11-,12+/m0/s1. The Bertz CT molecular complexity index is 556. The highest BCUT2D eigenvalue weighted by molar-refractivity contribution is 5.91. The molecular formula is C15H18FNO3. The summed E-state index contributed by atoms with van der Waals surface area (Å²) in [5.41, 5.74) is 0.172. The molecule has 0 aromatic heterocycles. The fourth-order valence-electron chi connectivity index (χ4n) is 2.78. The van der Waals surface area contributed by atoms with Gasteiger partial charge in [-0.3, -0.25) is 9.59 Å². The van der Waals surface area contributed by atoms with Crippen LogP contribution in [-0.4, -0.2) is 28.9 Å². The van der Waals surface area contributed by atoms with Gasteiger partial charge in [-0.15, -0.1) is 0 Å². The largest absolute Gasteiger partial charge is 0.481 e. The van der Waals surface area contributed by atoms with E-state index in [4.69, 9.17) is 5.11 Å². The van der Waals surface area contributed by atoms with Crippen molar-refractivity contribution in [3.63, 3.8) is 0 Å². The number of carboxylic acid groups (broad SMARTS) is 1. The Morgan fingerprint density at radius 3 is 2.50 bits per heavy atom. The molecule has 0 unspecified atom stereocenters. The van der Waals surface area contributed by atoms with Crippen LogP contribution in [0.2, 0.25) is 0 Å². The van der Waals surface area contributed by atoms with E-state index in [2.05, 4.69) is 0 Å². The molecule has 0 aliphatic heterocycles. The highest BCUT2D eigenvalue weighted by Crippen LogP contribution is 2.58. The Labute approximate surface area is 117 Å². The summed E-state index contributed by atoms with van der Waals surface area (Å²) in [4.78, 5) is 24.9. The van der Waals surface area contributed by atoms with Crippen molar-refractivity contribution in [2.75, 3.05) is 7.05 Å². The van der Waals surface area contributed by atoms with Crippen LogP contribution in [0.3, 0.4) is 0 Å².